The highest BCUT2D eigenvalue weighted by Gasteiger charge is 2.06. The van der Waals surface area contributed by atoms with Gasteiger partial charge in [-0.05, 0) is 66.2 Å². The van der Waals surface area contributed by atoms with Crippen LogP contribution in [0.4, 0.5) is 11.4 Å². The Morgan fingerprint density at radius 1 is 0.786 bits per heavy atom. The molecular weight excluding hydrogens is 420 g/mol. The minimum absolute atomic E-state index is 0.117. The number of benzene rings is 3. The maximum Gasteiger partial charge on any atom is 0.228 e. The molecule has 0 atom stereocenters. The monoisotopic (exact) mass is 438 g/mol. The first kappa shape index (κ1) is 19.6. The Hall–Kier alpha value is -3.12. The van der Waals surface area contributed by atoms with E-state index in [9.17, 15) is 9.59 Å². The summed E-state index contributed by atoms with van der Waals surface area (Å²) in [6.45, 7) is 1.45. The second-order valence-electron chi connectivity index (χ2n) is 6.18. The summed E-state index contributed by atoms with van der Waals surface area (Å²) in [4.78, 5) is 23.3. The molecule has 3 aromatic rings. The fourth-order valence-electron chi connectivity index (χ4n) is 2.54. The zero-order chi connectivity index (χ0) is 19.9. The quantitative estimate of drug-likeness (QED) is 0.542. The van der Waals surface area contributed by atoms with Crippen LogP contribution in [0.1, 0.15) is 12.5 Å². The topological polar surface area (TPSA) is 67.4 Å². The Balaban J connectivity index is 1.53. The van der Waals surface area contributed by atoms with Gasteiger partial charge in [-0.15, -0.1) is 0 Å². The normalized spacial score (nSPS) is 10.2. The summed E-state index contributed by atoms with van der Waals surface area (Å²) < 4.78 is 6.75. The molecule has 5 nitrogen and oxygen atoms in total. The summed E-state index contributed by atoms with van der Waals surface area (Å²) in [5, 5.41) is 5.56. The van der Waals surface area contributed by atoms with E-state index in [4.69, 9.17) is 4.74 Å². The second-order valence-corrected chi connectivity index (χ2v) is 7.10. The Morgan fingerprint density at radius 3 is 1.86 bits per heavy atom. The molecule has 28 heavy (non-hydrogen) atoms. The molecule has 3 aromatic carbocycles. The van der Waals surface area contributed by atoms with Gasteiger partial charge in [-0.3, -0.25) is 9.59 Å². The van der Waals surface area contributed by atoms with Gasteiger partial charge >= 0.3 is 0 Å². The average Bonchev–Trinajstić information content (AvgIpc) is 2.66. The molecule has 0 bridgehead atoms. The Kier molecular flexibility index (Phi) is 6.45. The van der Waals surface area contributed by atoms with Gasteiger partial charge in [0.25, 0.3) is 0 Å². The molecule has 6 heteroatoms. The van der Waals surface area contributed by atoms with Crippen LogP contribution in [-0.4, -0.2) is 11.8 Å². The molecule has 0 aromatic heterocycles. The van der Waals surface area contributed by atoms with Crippen LogP contribution in [0.15, 0.2) is 77.3 Å². The zero-order valence-electron chi connectivity index (χ0n) is 15.2. The lowest BCUT2D eigenvalue weighted by Gasteiger charge is -2.09. The van der Waals surface area contributed by atoms with Crippen molar-refractivity contribution in [1.29, 1.82) is 0 Å². The first-order chi connectivity index (χ1) is 13.5. The van der Waals surface area contributed by atoms with Crippen molar-refractivity contribution in [2.75, 3.05) is 10.6 Å². The highest BCUT2D eigenvalue weighted by atomic mass is 79.9. The number of carbonyl (C=O) groups excluding carboxylic acids is 2. The lowest BCUT2D eigenvalue weighted by atomic mass is 10.1. The van der Waals surface area contributed by atoms with Gasteiger partial charge in [0.15, 0.2) is 0 Å². The van der Waals surface area contributed by atoms with E-state index in [0.29, 0.717) is 17.1 Å². The molecule has 2 amide bonds. The van der Waals surface area contributed by atoms with E-state index in [2.05, 4.69) is 26.6 Å². The van der Waals surface area contributed by atoms with E-state index in [0.717, 1.165) is 15.8 Å². The van der Waals surface area contributed by atoms with Crippen molar-refractivity contribution in [3.63, 3.8) is 0 Å². The number of halogens is 1. The van der Waals surface area contributed by atoms with Crippen LogP contribution < -0.4 is 15.4 Å². The van der Waals surface area contributed by atoms with Crippen LogP contribution in [0.2, 0.25) is 0 Å². The van der Waals surface area contributed by atoms with Gasteiger partial charge in [-0.1, -0.05) is 28.1 Å². The first-order valence-corrected chi connectivity index (χ1v) is 9.47. The van der Waals surface area contributed by atoms with Crippen molar-refractivity contribution < 1.29 is 14.3 Å². The molecule has 0 unspecified atom stereocenters. The SMILES string of the molecule is CC(=O)Nc1ccc(CC(=O)Nc2ccc(Oc3ccc(Br)cc3)cc2)cc1. The second kappa shape index (κ2) is 9.19. The molecular formula is C22H19BrN2O3. The maximum absolute atomic E-state index is 12.2. The smallest absolute Gasteiger partial charge is 0.228 e. The van der Waals surface area contributed by atoms with Crippen LogP contribution in [0.5, 0.6) is 11.5 Å². The third-order valence-electron chi connectivity index (χ3n) is 3.83. The maximum atomic E-state index is 12.2. The molecule has 2 N–H and O–H groups in total. The van der Waals surface area contributed by atoms with Crippen LogP contribution in [0.3, 0.4) is 0 Å². The molecule has 0 fully saturated rings. The molecule has 142 valence electrons. The largest absolute Gasteiger partial charge is 0.457 e. The van der Waals surface area contributed by atoms with E-state index in [-0.39, 0.29) is 18.2 Å². The molecule has 0 radical (unpaired) electrons. The summed E-state index contributed by atoms with van der Waals surface area (Å²) in [5.74, 6) is 1.18. The molecule has 0 aliphatic carbocycles. The van der Waals surface area contributed by atoms with E-state index >= 15 is 0 Å². The summed E-state index contributed by atoms with van der Waals surface area (Å²) in [7, 11) is 0. The highest BCUT2D eigenvalue weighted by Crippen LogP contribution is 2.24. The number of anilines is 2. The Labute approximate surface area is 171 Å². The molecule has 0 aliphatic heterocycles. The van der Waals surface area contributed by atoms with Crippen molar-refractivity contribution in [2.24, 2.45) is 0 Å². The third kappa shape index (κ3) is 5.96. The molecule has 0 aliphatic rings. The van der Waals surface area contributed by atoms with Crippen LogP contribution >= 0.6 is 15.9 Å². The van der Waals surface area contributed by atoms with Gasteiger partial charge in [0.2, 0.25) is 11.8 Å². The van der Waals surface area contributed by atoms with Crippen molar-refractivity contribution in [3.8, 4) is 11.5 Å². The van der Waals surface area contributed by atoms with Crippen molar-refractivity contribution in [1.82, 2.24) is 0 Å². The fourth-order valence-corrected chi connectivity index (χ4v) is 2.81. The first-order valence-electron chi connectivity index (χ1n) is 8.68. The summed E-state index contributed by atoms with van der Waals surface area (Å²) >= 11 is 3.39. The minimum Gasteiger partial charge on any atom is -0.457 e. The summed E-state index contributed by atoms with van der Waals surface area (Å²) in [6, 6.07) is 22.0. The number of rotatable bonds is 6. The number of ether oxygens (including phenoxy) is 1. The predicted octanol–water partition coefficient (Wildman–Crippen LogP) is 5.38. The van der Waals surface area contributed by atoms with E-state index in [1.807, 2.05) is 36.4 Å². The number of hydrogen-bond acceptors (Lipinski definition) is 3. The van der Waals surface area contributed by atoms with Crippen LogP contribution in [0.25, 0.3) is 0 Å². The molecule has 0 heterocycles. The predicted molar refractivity (Wildman–Crippen MR) is 114 cm³/mol. The van der Waals surface area contributed by atoms with Gasteiger partial charge in [-0.25, -0.2) is 0 Å². The standard InChI is InChI=1S/C22H19BrN2O3/c1-15(26)24-18-6-2-16(3-7-18)14-22(27)25-19-8-12-21(13-9-19)28-20-10-4-17(23)5-11-20/h2-13H,14H2,1H3,(H,24,26)(H,25,27). The number of amides is 2. The van der Waals surface area contributed by atoms with Crippen molar-refractivity contribution >= 4 is 39.1 Å². The Morgan fingerprint density at radius 2 is 1.29 bits per heavy atom. The lowest BCUT2D eigenvalue weighted by Crippen LogP contribution is -2.14. The summed E-state index contributed by atoms with van der Waals surface area (Å²) in [6.07, 6.45) is 0.248. The van der Waals surface area contributed by atoms with E-state index in [1.54, 1.807) is 36.4 Å². The fraction of sp³-hybridized carbons (Fsp3) is 0.0909. The molecule has 0 spiro atoms. The van der Waals surface area contributed by atoms with E-state index in [1.165, 1.54) is 6.92 Å². The number of carbonyl (C=O) groups is 2. The Bertz CT molecular complexity index is 953. The van der Waals surface area contributed by atoms with Gasteiger partial charge in [0, 0.05) is 22.8 Å². The zero-order valence-corrected chi connectivity index (χ0v) is 16.8. The van der Waals surface area contributed by atoms with Crippen LogP contribution in [-0.2, 0) is 16.0 Å². The number of hydrogen-bond donors (Lipinski definition) is 2. The molecule has 0 saturated heterocycles. The summed E-state index contributed by atoms with van der Waals surface area (Å²) in [5.41, 5.74) is 2.27. The number of nitrogens with one attached hydrogen (secondary N) is 2. The highest BCUT2D eigenvalue weighted by molar-refractivity contribution is 9.10. The average molecular weight is 439 g/mol. The van der Waals surface area contributed by atoms with Gasteiger partial charge in [-0.2, -0.15) is 0 Å². The molecule has 0 saturated carbocycles. The van der Waals surface area contributed by atoms with Gasteiger partial charge in [0.1, 0.15) is 11.5 Å². The molecule has 3 rings (SSSR count). The van der Waals surface area contributed by atoms with Crippen molar-refractivity contribution in [2.45, 2.75) is 13.3 Å². The van der Waals surface area contributed by atoms with Gasteiger partial charge in [0.05, 0.1) is 6.42 Å². The third-order valence-corrected chi connectivity index (χ3v) is 4.36. The van der Waals surface area contributed by atoms with Crippen molar-refractivity contribution in [3.05, 3.63) is 82.8 Å². The van der Waals surface area contributed by atoms with E-state index < -0.39 is 0 Å². The lowest BCUT2D eigenvalue weighted by molar-refractivity contribution is -0.116. The van der Waals surface area contributed by atoms with Gasteiger partial charge < -0.3 is 15.4 Å². The minimum atomic E-state index is -0.127. The van der Waals surface area contributed by atoms with Crippen LogP contribution in [0, 0.1) is 0 Å².